The second-order valence-corrected chi connectivity index (χ2v) is 5.40. The lowest BCUT2D eigenvalue weighted by Crippen LogP contribution is -2.14. The Bertz CT molecular complexity index is 793. The fourth-order valence-electron chi connectivity index (χ4n) is 2.52. The van der Waals surface area contributed by atoms with E-state index in [1.54, 1.807) is 6.33 Å². The topological polar surface area (TPSA) is 67.2 Å². The molecule has 0 radical (unpaired) electrons. The lowest BCUT2D eigenvalue weighted by Gasteiger charge is -2.07. The molecule has 2 aromatic carbocycles. The molecular formula is C18H19N3O2. The molecule has 0 saturated heterocycles. The van der Waals surface area contributed by atoms with E-state index in [0.29, 0.717) is 19.4 Å². The summed E-state index contributed by atoms with van der Waals surface area (Å²) in [6.07, 6.45) is 2.78. The average Bonchev–Trinajstić information content (AvgIpc) is 2.98. The van der Waals surface area contributed by atoms with Gasteiger partial charge in [-0.15, -0.1) is 0 Å². The molecule has 2 N–H and O–H groups in total. The number of fused-ring (bicyclic) bond motifs is 1. The summed E-state index contributed by atoms with van der Waals surface area (Å²) < 4.78 is 1.99. The molecule has 23 heavy (non-hydrogen) atoms. The van der Waals surface area contributed by atoms with E-state index in [4.69, 9.17) is 5.11 Å². The van der Waals surface area contributed by atoms with Crippen molar-refractivity contribution in [2.45, 2.75) is 19.4 Å². The van der Waals surface area contributed by atoms with Crippen molar-refractivity contribution in [3.8, 4) is 0 Å². The second-order valence-electron chi connectivity index (χ2n) is 5.40. The highest BCUT2D eigenvalue weighted by atomic mass is 16.2. The molecule has 0 bridgehead atoms. The van der Waals surface area contributed by atoms with Crippen molar-refractivity contribution >= 4 is 22.6 Å². The van der Waals surface area contributed by atoms with Gasteiger partial charge >= 0.3 is 0 Å². The van der Waals surface area contributed by atoms with Gasteiger partial charge in [-0.25, -0.2) is 4.98 Å². The van der Waals surface area contributed by atoms with Crippen molar-refractivity contribution in [1.82, 2.24) is 9.55 Å². The number of para-hydroxylation sites is 2. The number of anilines is 1. The van der Waals surface area contributed by atoms with Gasteiger partial charge in [0.15, 0.2) is 0 Å². The maximum Gasteiger partial charge on any atom is 0.226 e. The van der Waals surface area contributed by atoms with Gasteiger partial charge in [0.05, 0.1) is 17.4 Å². The van der Waals surface area contributed by atoms with Gasteiger partial charge in [0.25, 0.3) is 0 Å². The van der Waals surface area contributed by atoms with Crippen molar-refractivity contribution in [2.24, 2.45) is 0 Å². The third-order valence-corrected chi connectivity index (χ3v) is 3.75. The van der Waals surface area contributed by atoms with Crippen molar-refractivity contribution in [1.29, 1.82) is 0 Å². The number of imidazole rings is 1. The van der Waals surface area contributed by atoms with Crippen LogP contribution in [0.15, 0.2) is 54.9 Å². The molecule has 0 spiro atoms. The Morgan fingerprint density at radius 2 is 1.91 bits per heavy atom. The van der Waals surface area contributed by atoms with Gasteiger partial charge < -0.3 is 15.0 Å². The number of hydrogen-bond acceptors (Lipinski definition) is 3. The molecule has 0 atom stereocenters. The second kappa shape index (κ2) is 7.07. The van der Waals surface area contributed by atoms with Gasteiger partial charge in [0.1, 0.15) is 0 Å². The van der Waals surface area contributed by atoms with Crippen LogP contribution in [0.2, 0.25) is 0 Å². The number of amides is 1. The van der Waals surface area contributed by atoms with Crippen molar-refractivity contribution in [2.75, 3.05) is 11.9 Å². The van der Waals surface area contributed by atoms with E-state index < -0.39 is 0 Å². The first-order valence-corrected chi connectivity index (χ1v) is 7.66. The first-order chi connectivity index (χ1) is 11.3. The minimum Gasteiger partial charge on any atom is -0.396 e. The van der Waals surface area contributed by atoms with Crippen LogP contribution in [0.5, 0.6) is 0 Å². The lowest BCUT2D eigenvalue weighted by molar-refractivity contribution is -0.116. The molecule has 1 heterocycles. The van der Waals surface area contributed by atoms with E-state index in [9.17, 15) is 4.79 Å². The standard InChI is InChI=1S/C18H19N3O2/c22-12-10-14-5-7-15(8-6-14)20-18(23)9-11-21-13-19-16-3-1-2-4-17(16)21/h1-8,13,22H,9-12H2,(H,20,23). The van der Waals surface area contributed by atoms with E-state index in [1.807, 2.05) is 53.1 Å². The van der Waals surface area contributed by atoms with Crippen molar-refractivity contribution in [3.63, 3.8) is 0 Å². The van der Waals surface area contributed by atoms with Crippen LogP contribution in [0.1, 0.15) is 12.0 Å². The third kappa shape index (κ3) is 3.76. The van der Waals surface area contributed by atoms with Crippen LogP contribution in [0.3, 0.4) is 0 Å². The molecule has 1 amide bonds. The molecule has 3 rings (SSSR count). The summed E-state index contributed by atoms with van der Waals surface area (Å²) >= 11 is 0. The molecule has 0 fully saturated rings. The number of carbonyl (C=O) groups is 1. The highest BCUT2D eigenvalue weighted by Crippen LogP contribution is 2.13. The highest BCUT2D eigenvalue weighted by Gasteiger charge is 2.06. The zero-order chi connectivity index (χ0) is 16.1. The summed E-state index contributed by atoms with van der Waals surface area (Å²) in [6, 6.07) is 15.4. The SMILES string of the molecule is O=C(CCn1cnc2ccccc21)Nc1ccc(CCO)cc1. The Balaban J connectivity index is 1.57. The van der Waals surface area contributed by atoms with Crippen LogP contribution < -0.4 is 5.32 Å². The summed E-state index contributed by atoms with van der Waals surface area (Å²) in [5, 5.41) is 11.8. The number of aliphatic hydroxyl groups is 1. The number of hydrogen-bond donors (Lipinski definition) is 2. The Morgan fingerprint density at radius 1 is 1.13 bits per heavy atom. The number of aliphatic hydroxyl groups excluding tert-OH is 1. The molecule has 118 valence electrons. The molecule has 0 aliphatic rings. The highest BCUT2D eigenvalue weighted by molar-refractivity contribution is 5.90. The summed E-state index contributed by atoms with van der Waals surface area (Å²) in [7, 11) is 0. The fourth-order valence-corrected chi connectivity index (χ4v) is 2.52. The zero-order valence-electron chi connectivity index (χ0n) is 12.8. The van der Waals surface area contributed by atoms with Crippen LogP contribution >= 0.6 is 0 Å². The van der Waals surface area contributed by atoms with E-state index in [-0.39, 0.29) is 12.5 Å². The first kappa shape index (κ1) is 15.2. The number of aromatic nitrogens is 2. The monoisotopic (exact) mass is 309 g/mol. The van der Waals surface area contributed by atoms with Crippen LogP contribution in [-0.2, 0) is 17.8 Å². The zero-order valence-corrected chi connectivity index (χ0v) is 12.8. The van der Waals surface area contributed by atoms with Gasteiger partial charge in [-0.05, 0) is 36.2 Å². The van der Waals surface area contributed by atoms with E-state index >= 15 is 0 Å². The largest absolute Gasteiger partial charge is 0.396 e. The van der Waals surface area contributed by atoms with E-state index in [2.05, 4.69) is 10.3 Å². The van der Waals surface area contributed by atoms with Crippen molar-refractivity contribution in [3.05, 3.63) is 60.4 Å². The number of nitrogens with one attached hydrogen (secondary N) is 1. The van der Waals surface area contributed by atoms with Gasteiger partial charge in [0.2, 0.25) is 5.91 Å². The number of aryl methyl sites for hydroxylation is 1. The minimum atomic E-state index is -0.0299. The molecule has 3 aromatic rings. The predicted octanol–water partition coefficient (Wildman–Crippen LogP) is 2.60. The molecule has 5 nitrogen and oxygen atoms in total. The molecule has 5 heteroatoms. The van der Waals surface area contributed by atoms with Gasteiger partial charge in [-0.1, -0.05) is 24.3 Å². The third-order valence-electron chi connectivity index (χ3n) is 3.75. The molecule has 0 aliphatic heterocycles. The summed E-state index contributed by atoms with van der Waals surface area (Å²) in [5.41, 5.74) is 3.79. The smallest absolute Gasteiger partial charge is 0.226 e. The van der Waals surface area contributed by atoms with Crippen LogP contribution in [-0.4, -0.2) is 27.2 Å². The normalized spacial score (nSPS) is 10.8. The Kier molecular flexibility index (Phi) is 4.68. The quantitative estimate of drug-likeness (QED) is 0.735. The maximum absolute atomic E-state index is 12.1. The van der Waals surface area contributed by atoms with Gasteiger partial charge in [-0.2, -0.15) is 0 Å². The van der Waals surface area contributed by atoms with E-state index in [0.717, 1.165) is 22.3 Å². The van der Waals surface area contributed by atoms with Gasteiger partial charge in [-0.3, -0.25) is 4.79 Å². The molecule has 0 saturated carbocycles. The van der Waals surface area contributed by atoms with Crippen LogP contribution in [0.4, 0.5) is 5.69 Å². The molecule has 0 aliphatic carbocycles. The lowest BCUT2D eigenvalue weighted by atomic mass is 10.1. The van der Waals surface area contributed by atoms with Crippen LogP contribution in [0.25, 0.3) is 11.0 Å². The summed E-state index contributed by atoms with van der Waals surface area (Å²) in [4.78, 5) is 16.4. The Labute approximate surface area is 134 Å². The summed E-state index contributed by atoms with van der Waals surface area (Å²) in [6.45, 7) is 0.722. The maximum atomic E-state index is 12.1. The van der Waals surface area contributed by atoms with E-state index in [1.165, 1.54) is 0 Å². The Hall–Kier alpha value is -2.66. The predicted molar refractivity (Wildman–Crippen MR) is 90.2 cm³/mol. The number of nitrogens with zero attached hydrogens (tertiary/aromatic N) is 2. The molecule has 0 unspecified atom stereocenters. The molecular weight excluding hydrogens is 290 g/mol. The van der Waals surface area contributed by atoms with Gasteiger partial charge in [0, 0.05) is 25.3 Å². The number of carbonyl (C=O) groups excluding carboxylic acids is 1. The number of rotatable bonds is 6. The Morgan fingerprint density at radius 3 is 2.70 bits per heavy atom. The fraction of sp³-hybridized carbons (Fsp3) is 0.222. The average molecular weight is 309 g/mol. The first-order valence-electron chi connectivity index (χ1n) is 7.66. The van der Waals surface area contributed by atoms with Crippen LogP contribution in [0, 0.1) is 0 Å². The molecule has 1 aromatic heterocycles. The summed E-state index contributed by atoms with van der Waals surface area (Å²) in [5.74, 6) is -0.0299. The number of benzene rings is 2. The van der Waals surface area contributed by atoms with Crippen molar-refractivity contribution < 1.29 is 9.90 Å². The minimum absolute atomic E-state index is 0.0299.